The molecule has 144 valence electrons. The zero-order valence-electron chi connectivity index (χ0n) is 15.7. The minimum atomic E-state index is -0.410. The molecule has 0 saturated heterocycles. The first-order chi connectivity index (χ1) is 13.4. The molecule has 28 heavy (non-hydrogen) atoms. The molecule has 0 atom stereocenters. The monoisotopic (exact) mass is 440 g/mol. The van der Waals surface area contributed by atoms with Crippen LogP contribution in [0.25, 0.3) is 0 Å². The Kier molecular flexibility index (Phi) is 6.31. The van der Waals surface area contributed by atoms with E-state index in [1.165, 1.54) is 23.3 Å². The SMILES string of the molecule is Cc1cccc(NCc2ccc(OCc3ccc([N+](=O)[O-])cc3)c(Br)c2)c1C. The fourth-order valence-electron chi connectivity index (χ4n) is 2.79. The Hall–Kier alpha value is -2.86. The van der Waals surface area contributed by atoms with Crippen molar-refractivity contribution >= 4 is 27.3 Å². The van der Waals surface area contributed by atoms with E-state index in [9.17, 15) is 10.1 Å². The summed E-state index contributed by atoms with van der Waals surface area (Å²) in [4.78, 5) is 10.3. The number of halogens is 1. The molecule has 5 nitrogen and oxygen atoms in total. The fourth-order valence-corrected chi connectivity index (χ4v) is 3.33. The standard InChI is InChI=1S/C22H21BrN2O3/c1-15-4-3-5-21(16(15)2)24-13-18-8-11-22(20(23)12-18)28-14-17-6-9-19(10-7-17)25(26)27/h3-12,24H,13-14H2,1-2H3. The second-order valence-corrected chi connectivity index (χ2v) is 7.43. The van der Waals surface area contributed by atoms with Crippen molar-refractivity contribution in [2.75, 3.05) is 5.32 Å². The van der Waals surface area contributed by atoms with Crippen molar-refractivity contribution in [2.45, 2.75) is 27.0 Å². The van der Waals surface area contributed by atoms with E-state index in [2.05, 4.69) is 53.3 Å². The van der Waals surface area contributed by atoms with E-state index in [0.29, 0.717) is 13.2 Å². The highest BCUT2D eigenvalue weighted by Gasteiger charge is 2.07. The van der Waals surface area contributed by atoms with Crippen molar-refractivity contribution in [1.82, 2.24) is 0 Å². The zero-order valence-corrected chi connectivity index (χ0v) is 17.3. The van der Waals surface area contributed by atoms with Gasteiger partial charge in [-0.2, -0.15) is 0 Å². The number of hydrogen-bond donors (Lipinski definition) is 1. The molecule has 3 aromatic rings. The summed E-state index contributed by atoms with van der Waals surface area (Å²) >= 11 is 3.56. The third-order valence-corrected chi connectivity index (χ3v) is 5.25. The highest BCUT2D eigenvalue weighted by molar-refractivity contribution is 9.10. The third-order valence-electron chi connectivity index (χ3n) is 4.63. The Morgan fingerprint density at radius 3 is 2.43 bits per heavy atom. The van der Waals surface area contributed by atoms with Gasteiger partial charge in [0.2, 0.25) is 0 Å². The number of rotatable bonds is 7. The molecule has 0 heterocycles. The molecule has 3 rings (SSSR count). The molecule has 0 aliphatic carbocycles. The number of nitro benzene ring substituents is 1. The van der Waals surface area contributed by atoms with Crippen molar-refractivity contribution in [2.24, 2.45) is 0 Å². The molecule has 0 fully saturated rings. The summed E-state index contributed by atoms with van der Waals surface area (Å²) < 4.78 is 6.71. The van der Waals surface area contributed by atoms with E-state index < -0.39 is 4.92 Å². The molecule has 0 spiro atoms. The van der Waals surface area contributed by atoms with Crippen LogP contribution in [-0.2, 0) is 13.2 Å². The predicted octanol–water partition coefficient (Wildman–Crippen LogP) is 6.17. The summed E-state index contributed by atoms with van der Waals surface area (Å²) in [5, 5.41) is 14.2. The molecular weight excluding hydrogens is 420 g/mol. The minimum absolute atomic E-state index is 0.0747. The van der Waals surface area contributed by atoms with E-state index in [1.807, 2.05) is 18.2 Å². The molecule has 0 amide bonds. The van der Waals surface area contributed by atoms with E-state index in [-0.39, 0.29) is 5.69 Å². The molecule has 1 N–H and O–H groups in total. The maximum atomic E-state index is 10.7. The summed E-state index contributed by atoms with van der Waals surface area (Å²) in [6.07, 6.45) is 0. The van der Waals surface area contributed by atoms with Crippen LogP contribution in [0, 0.1) is 24.0 Å². The molecule has 0 aliphatic heterocycles. The van der Waals surface area contributed by atoms with Crippen LogP contribution in [0.2, 0.25) is 0 Å². The van der Waals surface area contributed by atoms with E-state index in [4.69, 9.17) is 4.74 Å². The lowest BCUT2D eigenvalue weighted by Gasteiger charge is -2.13. The third kappa shape index (κ3) is 4.89. The van der Waals surface area contributed by atoms with Crippen LogP contribution in [-0.4, -0.2) is 4.92 Å². The van der Waals surface area contributed by atoms with Gasteiger partial charge in [-0.05, 0) is 82.4 Å². The first kappa shape index (κ1) is 19.9. The van der Waals surface area contributed by atoms with Gasteiger partial charge in [-0.3, -0.25) is 10.1 Å². The normalized spacial score (nSPS) is 10.5. The van der Waals surface area contributed by atoms with Crippen LogP contribution < -0.4 is 10.1 Å². The van der Waals surface area contributed by atoms with Gasteiger partial charge in [0.05, 0.1) is 9.40 Å². The Morgan fingerprint density at radius 1 is 1.04 bits per heavy atom. The summed E-state index contributed by atoms with van der Waals surface area (Å²) in [6, 6.07) is 18.6. The smallest absolute Gasteiger partial charge is 0.269 e. The predicted molar refractivity (Wildman–Crippen MR) is 115 cm³/mol. The van der Waals surface area contributed by atoms with Crippen LogP contribution in [0.15, 0.2) is 65.1 Å². The number of nitrogens with one attached hydrogen (secondary N) is 1. The van der Waals surface area contributed by atoms with Crippen molar-refractivity contribution in [3.8, 4) is 5.75 Å². The average molecular weight is 441 g/mol. The van der Waals surface area contributed by atoms with Crippen LogP contribution in [0.3, 0.4) is 0 Å². The zero-order chi connectivity index (χ0) is 20.1. The molecule has 0 unspecified atom stereocenters. The number of non-ortho nitro benzene ring substituents is 1. The summed E-state index contributed by atoms with van der Waals surface area (Å²) in [5.41, 5.74) is 5.74. The van der Waals surface area contributed by atoms with Gasteiger partial charge < -0.3 is 10.1 Å². The highest BCUT2D eigenvalue weighted by Crippen LogP contribution is 2.28. The Morgan fingerprint density at radius 2 is 1.75 bits per heavy atom. The summed E-state index contributed by atoms with van der Waals surface area (Å²) in [5.74, 6) is 0.730. The lowest BCUT2D eigenvalue weighted by molar-refractivity contribution is -0.384. The number of nitrogens with zero attached hydrogens (tertiary/aromatic N) is 1. The average Bonchev–Trinajstić information content (AvgIpc) is 2.68. The van der Waals surface area contributed by atoms with E-state index >= 15 is 0 Å². The van der Waals surface area contributed by atoms with Crippen LogP contribution in [0.5, 0.6) is 5.75 Å². The fraction of sp³-hybridized carbons (Fsp3) is 0.182. The number of hydrogen-bond acceptors (Lipinski definition) is 4. The van der Waals surface area contributed by atoms with Gasteiger partial charge in [0.15, 0.2) is 0 Å². The number of anilines is 1. The Balaban J connectivity index is 1.60. The minimum Gasteiger partial charge on any atom is -0.488 e. The molecule has 0 bridgehead atoms. The van der Waals surface area contributed by atoms with Crippen LogP contribution in [0.1, 0.15) is 22.3 Å². The lowest BCUT2D eigenvalue weighted by Crippen LogP contribution is -2.02. The summed E-state index contributed by atoms with van der Waals surface area (Å²) in [7, 11) is 0. The van der Waals surface area contributed by atoms with Crippen molar-refractivity contribution in [3.63, 3.8) is 0 Å². The molecular formula is C22H21BrN2O3. The maximum absolute atomic E-state index is 10.7. The Labute approximate surface area is 172 Å². The van der Waals surface area contributed by atoms with Gasteiger partial charge >= 0.3 is 0 Å². The van der Waals surface area contributed by atoms with Crippen LogP contribution >= 0.6 is 15.9 Å². The molecule has 0 aliphatic rings. The second-order valence-electron chi connectivity index (χ2n) is 6.58. The summed E-state index contributed by atoms with van der Waals surface area (Å²) in [6.45, 7) is 5.28. The topological polar surface area (TPSA) is 64.4 Å². The highest BCUT2D eigenvalue weighted by atomic mass is 79.9. The molecule has 6 heteroatoms. The van der Waals surface area contributed by atoms with Crippen molar-refractivity contribution in [3.05, 3.63) is 97.5 Å². The van der Waals surface area contributed by atoms with Gasteiger partial charge in [-0.25, -0.2) is 0 Å². The number of aryl methyl sites for hydroxylation is 1. The quantitative estimate of drug-likeness (QED) is 0.352. The lowest BCUT2D eigenvalue weighted by atomic mass is 10.1. The first-order valence-corrected chi connectivity index (χ1v) is 9.68. The molecule has 3 aromatic carbocycles. The van der Waals surface area contributed by atoms with Gasteiger partial charge in [-0.15, -0.1) is 0 Å². The molecule has 0 radical (unpaired) electrons. The molecule has 0 aromatic heterocycles. The van der Waals surface area contributed by atoms with Gasteiger partial charge in [0.25, 0.3) is 5.69 Å². The number of nitro groups is 1. The van der Waals surface area contributed by atoms with Gasteiger partial charge in [0.1, 0.15) is 12.4 Å². The van der Waals surface area contributed by atoms with Gasteiger partial charge in [0, 0.05) is 24.4 Å². The van der Waals surface area contributed by atoms with E-state index in [1.54, 1.807) is 12.1 Å². The van der Waals surface area contributed by atoms with Crippen molar-refractivity contribution in [1.29, 1.82) is 0 Å². The Bertz CT molecular complexity index is 988. The second kappa shape index (κ2) is 8.89. The van der Waals surface area contributed by atoms with E-state index in [0.717, 1.165) is 27.0 Å². The van der Waals surface area contributed by atoms with Crippen LogP contribution in [0.4, 0.5) is 11.4 Å². The number of benzene rings is 3. The maximum Gasteiger partial charge on any atom is 0.269 e. The largest absolute Gasteiger partial charge is 0.488 e. The molecule has 0 saturated carbocycles. The number of ether oxygens (including phenoxy) is 1. The van der Waals surface area contributed by atoms with Gasteiger partial charge in [-0.1, -0.05) is 18.2 Å². The van der Waals surface area contributed by atoms with Crippen molar-refractivity contribution < 1.29 is 9.66 Å². The first-order valence-electron chi connectivity index (χ1n) is 8.88.